The van der Waals surface area contributed by atoms with Crippen LogP contribution >= 0.6 is 0 Å². The SMILES string of the molecule is Cc1cccc(Cc2nc3c(c(N4CCOCC4)n2)CN(C(=O)Nc2ccc(F)cc2F)CC3)c1. The van der Waals surface area contributed by atoms with Crippen LogP contribution in [0.15, 0.2) is 42.5 Å². The minimum atomic E-state index is -0.811. The van der Waals surface area contributed by atoms with Crippen molar-refractivity contribution in [2.45, 2.75) is 26.3 Å². The van der Waals surface area contributed by atoms with Crippen LogP contribution in [-0.2, 0) is 24.1 Å². The number of nitrogens with one attached hydrogen (secondary N) is 1. The highest BCUT2D eigenvalue weighted by atomic mass is 19.1. The highest BCUT2D eigenvalue weighted by molar-refractivity contribution is 5.89. The second kappa shape index (κ2) is 9.95. The molecule has 2 aliphatic rings. The number of rotatable bonds is 4. The summed E-state index contributed by atoms with van der Waals surface area (Å²) in [6.45, 7) is 5.45. The molecule has 1 saturated heterocycles. The fraction of sp³-hybridized carbons (Fsp3) is 0.346. The average molecular weight is 480 g/mol. The van der Waals surface area contributed by atoms with E-state index in [4.69, 9.17) is 14.7 Å². The first-order chi connectivity index (χ1) is 17.0. The van der Waals surface area contributed by atoms with Crippen molar-refractivity contribution in [3.63, 3.8) is 0 Å². The highest BCUT2D eigenvalue weighted by Crippen LogP contribution is 2.29. The number of morpholine rings is 1. The van der Waals surface area contributed by atoms with E-state index in [1.165, 1.54) is 11.6 Å². The van der Waals surface area contributed by atoms with Gasteiger partial charge in [-0.3, -0.25) is 0 Å². The number of hydrogen-bond donors (Lipinski definition) is 1. The molecule has 0 saturated carbocycles. The van der Waals surface area contributed by atoms with Gasteiger partial charge in [-0.25, -0.2) is 23.5 Å². The molecule has 1 aromatic heterocycles. The molecule has 0 aliphatic carbocycles. The number of ether oxygens (including phenoxy) is 1. The molecule has 5 rings (SSSR count). The molecular formula is C26H27F2N5O2. The lowest BCUT2D eigenvalue weighted by Gasteiger charge is -2.34. The Morgan fingerprint density at radius 2 is 1.91 bits per heavy atom. The number of benzene rings is 2. The predicted molar refractivity (Wildman–Crippen MR) is 129 cm³/mol. The largest absolute Gasteiger partial charge is 0.378 e. The van der Waals surface area contributed by atoms with Gasteiger partial charge in [0.1, 0.15) is 23.3 Å². The zero-order chi connectivity index (χ0) is 24.4. The normalized spacial score (nSPS) is 15.6. The zero-order valence-corrected chi connectivity index (χ0v) is 19.6. The number of anilines is 2. The molecule has 0 atom stereocenters. The molecule has 7 nitrogen and oxygen atoms in total. The van der Waals surface area contributed by atoms with E-state index in [-0.39, 0.29) is 5.69 Å². The fourth-order valence-corrected chi connectivity index (χ4v) is 4.53. The lowest BCUT2D eigenvalue weighted by molar-refractivity contribution is 0.122. The lowest BCUT2D eigenvalue weighted by atomic mass is 10.0. The second-order valence-electron chi connectivity index (χ2n) is 8.88. The summed E-state index contributed by atoms with van der Waals surface area (Å²) in [6.07, 6.45) is 1.19. The molecule has 0 spiro atoms. The quantitative estimate of drug-likeness (QED) is 0.611. The molecule has 2 amide bonds. The number of aromatic nitrogens is 2. The van der Waals surface area contributed by atoms with E-state index in [9.17, 15) is 13.6 Å². The third kappa shape index (κ3) is 5.24. The summed E-state index contributed by atoms with van der Waals surface area (Å²) >= 11 is 0. The summed E-state index contributed by atoms with van der Waals surface area (Å²) in [4.78, 5) is 26.5. The molecule has 1 N–H and O–H groups in total. The smallest absolute Gasteiger partial charge is 0.322 e. The summed E-state index contributed by atoms with van der Waals surface area (Å²) in [7, 11) is 0. The van der Waals surface area contributed by atoms with Crippen LogP contribution < -0.4 is 10.2 Å². The summed E-state index contributed by atoms with van der Waals surface area (Å²) in [5, 5.41) is 2.56. The zero-order valence-electron chi connectivity index (χ0n) is 19.6. The van der Waals surface area contributed by atoms with Crippen molar-refractivity contribution in [3.05, 3.63) is 82.3 Å². The van der Waals surface area contributed by atoms with Gasteiger partial charge in [0.25, 0.3) is 0 Å². The molecule has 182 valence electrons. The maximum absolute atomic E-state index is 14.1. The van der Waals surface area contributed by atoms with E-state index in [2.05, 4.69) is 35.3 Å². The van der Waals surface area contributed by atoms with Crippen molar-refractivity contribution in [1.82, 2.24) is 14.9 Å². The Labute approximate surface area is 202 Å². The first-order valence-electron chi connectivity index (χ1n) is 11.7. The van der Waals surface area contributed by atoms with Gasteiger partial charge in [0.15, 0.2) is 0 Å². The number of halogens is 2. The Balaban J connectivity index is 1.41. The molecule has 0 radical (unpaired) electrons. The number of amides is 2. The number of carbonyl (C=O) groups excluding carboxylic acids is 1. The van der Waals surface area contributed by atoms with Gasteiger partial charge in [0.2, 0.25) is 0 Å². The molecule has 35 heavy (non-hydrogen) atoms. The second-order valence-corrected chi connectivity index (χ2v) is 8.88. The number of hydrogen-bond acceptors (Lipinski definition) is 5. The van der Waals surface area contributed by atoms with Crippen molar-refractivity contribution in [1.29, 1.82) is 0 Å². The molecule has 0 bridgehead atoms. The van der Waals surface area contributed by atoms with E-state index in [1.54, 1.807) is 4.90 Å². The van der Waals surface area contributed by atoms with Crippen molar-refractivity contribution in [2.24, 2.45) is 0 Å². The van der Waals surface area contributed by atoms with Crippen molar-refractivity contribution in [3.8, 4) is 0 Å². The van der Waals surface area contributed by atoms with Crippen LogP contribution in [0, 0.1) is 18.6 Å². The van der Waals surface area contributed by atoms with Crippen molar-refractivity contribution >= 4 is 17.5 Å². The number of urea groups is 1. The number of nitrogens with zero attached hydrogens (tertiary/aromatic N) is 4. The first-order valence-corrected chi connectivity index (χ1v) is 11.7. The van der Waals surface area contributed by atoms with Crippen LogP contribution in [-0.4, -0.2) is 53.7 Å². The summed E-state index contributed by atoms with van der Waals surface area (Å²) in [6, 6.07) is 11.0. The number of aryl methyl sites for hydroxylation is 1. The van der Waals surface area contributed by atoms with Crippen LogP contribution in [0.4, 0.5) is 25.1 Å². The first kappa shape index (κ1) is 23.2. The van der Waals surface area contributed by atoms with Crippen LogP contribution in [0.5, 0.6) is 0 Å². The van der Waals surface area contributed by atoms with Gasteiger partial charge in [0, 0.05) is 44.1 Å². The Hall–Kier alpha value is -3.59. The summed E-state index contributed by atoms with van der Waals surface area (Å²) in [5.74, 6) is 0.0728. The lowest BCUT2D eigenvalue weighted by Crippen LogP contribution is -2.42. The standard InChI is InChI=1S/C26H27F2N5O2/c1-17-3-2-4-18(13-17)14-24-29-22-7-8-33(26(34)30-23-6-5-19(27)15-21(23)28)16-20(22)25(31-24)32-9-11-35-12-10-32/h2-6,13,15H,7-12,14,16H2,1H3,(H,30,34). The van der Waals surface area contributed by atoms with Crippen LogP contribution in [0.25, 0.3) is 0 Å². The Morgan fingerprint density at radius 3 is 2.69 bits per heavy atom. The monoisotopic (exact) mass is 479 g/mol. The average Bonchev–Trinajstić information content (AvgIpc) is 2.85. The fourth-order valence-electron chi connectivity index (χ4n) is 4.53. The van der Waals surface area contributed by atoms with Gasteiger partial charge in [-0.2, -0.15) is 0 Å². The highest BCUT2D eigenvalue weighted by Gasteiger charge is 2.28. The van der Waals surface area contributed by atoms with Crippen molar-refractivity contribution in [2.75, 3.05) is 43.1 Å². The van der Waals surface area contributed by atoms with Gasteiger partial charge in [0.05, 0.1) is 31.1 Å². The van der Waals surface area contributed by atoms with Crippen LogP contribution in [0.1, 0.15) is 28.2 Å². The van der Waals surface area contributed by atoms with E-state index in [1.807, 2.05) is 6.07 Å². The predicted octanol–water partition coefficient (Wildman–Crippen LogP) is 4.08. The molecule has 9 heteroatoms. The van der Waals surface area contributed by atoms with Gasteiger partial charge >= 0.3 is 6.03 Å². The maximum Gasteiger partial charge on any atom is 0.322 e. The van der Waals surface area contributed by atoms with E-state index < -0.39 is 17.7 Å². The van der Waals surface area contributed by atoms with Gasteiger partial charge in [-0.15, -0.1) is 0 Å². The van der Waals surface area contributed by atoms with Crippen LogP contribution in [0.3, 0.4) is 0 Å². The molecule has 2 aliphatic heterocycles. The molecule has 2 aromatic carbocycles. The third-order valence-corrected chi connectivity index (χ3v) is 6.30. The molecule has 1 fully saturated rings. The van der Waals surface area contributed by atoms with Crippen molar-refractivity contribution < 1.29 is 18.3 Å². The third-order valence-electron chi connectivity index (χ3n) is 6.30. The van der Waals surface area contributed by atoms with E-state index in [0.29, 0.717) is 52.2 Å². The van der Waals surface area contributed by atoms with Crippen LogP contribution in [0.2, 0.25) is 0 Å². The molecule has 3 aromatic rings. The van der Waals surface area contributed by atoms with Gasteiger partial charge < -0.3 is 19.9 Å². The molecule has 3 heterocycles. The van der Waals surface area contributed by atoms with Gasteiger partial charge in [-0.05, 0) is 24.6 Å². The van der Waals surface area contributed by atoms with Gasteiger partial charge in [-0.1, -0.05) is 29.8 Å². The molecular weight excluding hydrogens is 452 g/mol. The Bertz CT molecular complexity index is 1250. The number of fused-ring (bicyclic) bond motifs is 1. The Kier molecular flexibility index (Phi) is 6.59. The summed E-state index contributed by atoms with van der Waals surface area (Å²) in [5.41, 5.74) is 4.12. The minimum Gasteiger partial charge on any atom is -0.378 e. The molecule has 0 unspecified atom stereocenters. The number of carbonyl (C=O) groups is 1. The van der Waals surface area contributed by atoms with E-state index in [0.717, 1.165) is 40.6 Å². The topological polar surface area (TPSA) is 70.6 Å². The minimum absolute atomic E-state index is 0.0552. The van der Waals surface area contributed by atoms with E-state index >= 15 is 0 Å². The maximum atomic E-state index is 14.1. The Morgan fingerprint density at radius 1 is 1.09 bits per heavy atom. The summed E-state index contributed by atoms with van der Waals surface area (Å²) < 4.78 is 32.8.